The van der Waals surface area contributed by atoms with E-state index in [1.54, 1.807) is 9.59 Å². The van der Waals surface area contributed by atoms with Crippen molar-refractivity contribution in [1.82, 2.24) is 15.0 Å². The zero-order chi connectivity index (χ0) is 20.9. The van der Waals surface area contributed by atoms with Gasteiger partial charge in [-0.1, -0.05) is 54.6 Å². The Morgan fingerprint density at radius 1 is 0.581 bits per heavy atom. The second-order valence-corrected chi connectivity index (χ2v) is 6.86. The van der Waals surface area contributed by atoms with Crippen LogP contribution in [0, 0.1) is 0 Å². The standard InChI is InChI=1S/C25H19N6/c1-4-10-20(11-5-1)25-28-30(23-14-8-3-9-15-23)31(29-25)24-18-16-22(17-19-24)27-26-21-12-6-2-7-13-21/h1-19H/q+1. The average molecular weight is 403 g/mol. The molecule has 0 aliphatic rings. The highest BCUT2D eigenvalue weighted by molar-refractivity contribution is 5.53. The monoisotopic (exact) mass is 403 g/mol. The maximum atomic E-state index is 4.76. The van der Waals surface area contributed by atoms with Crippen molar-refractivity contribution in [3.05, 3.63) is 115 Å². The number of hydrogen-bond acceptors (Lipinski definition) is 4. The quantitative estimate of drug-likeness (QED) is 0.282. The van der Waals surface area contributed by atoms with Crippen LogP contribution < -0.4 is 4.80 Å². The van der Waals surface area contributed by atoms with Crippen molar-refractivity contribution in [1.29, 1.82) is 0 Å². The minimum Gasteiger partial charge on any atom is -0.151 e. The fourth-order valence-corrected chi connectivity index (χ4v) is 3.15. The van der Waals surface area contributed by atoms with Gasteiger partial charge in [0.2, 0.25) is 0 Å². The van der Waals surface area contributed by atoms with Gasteiger partial charge in [0.05, 0.1) is 22.0 Å². The lowest BCUT2D eigenvalue weighted by Gasteiger charge is -2.00. The van der Waals surface area contributed by atoms with Gasteiger partial charge in [-0.2, -0.15) is 10.2 Å². The molecular weight excluding hydrogens is 384 g/mol. The second-order valence-electron chi connectivity index (χ2n) is 6.86. The van der Waals surface area contributed by atoms with Gasteiger partial charge in [-0.05, 0) is 70.6 Å². The number of azo groups is 1. The highest BCUT2D eigenvalue weighted by atomic mass is 15.7. The van der Waals surface area contributed by atoms with Crippen LogP contribution in [0.2, 0.25) is 0 Å². The van der Waals surface area contributed by atoms with Crippen LogP contribution in [0.1, 0.15) is 0 Å². The lowest BCUT2D eigenvalue weighted by Crippen LogP contribution is -2.43. The molecule has 0 radical (unpaired) electrons. The van der Waals surface area contributed by atoms with E-state index in [4.69, 9.17) is 10.2 Å². The van der Waals surface area contributed by atoms with Crippen LogP contribution in [-0.2, 0) is 0 Å². The molecule has 0 amide bonds. The first-order valence-corrected chi connectivity index (χ1v) is 9.95. The summed E-state index contributed by atoms with van der Waals surface area (Å²) in [5, 5.41) is 18.1. The molecule has 0 saturated heterocycles. The third-order valence-electron chi connectivity index (χ3n) is 4.70. The number of para-hydroxylation sites is 1. The van der Waals surface area contributed by atoms with Crippen LogP contribution >= 0.6 is 0 Å². The summed E-state index contributed by atoms with van der Waals surface area (Å²) in [6.07, 6.45) is 0. The van der Waals surface area contributed by atoms with Crippen LogP contribution in [0.25, 0.3) is 22.8 Å². The molecule has 0 aliphatic heterocycles. The number of aromatic nitrogens is 4. The van der Waals surface area contributed by atoms with E-state index in [0.29, 0.717) is 5.82 Å². The number of rotatable bonds is 5. The molecule has 0 saturated carbocycles. The van der Waals surface area contributed by atoms with E-state index < -0.39 is 0 Å². The third-order valence-corrected chi connectivity index (χ3v) is 4.70. The Kier molecular flexibility index (Phi) is 5.10. The molecule has 0 N–H and O–H groups in total. The van der Waals surface area contributed by atoms with E-state index in [1.807, 2.05) is 115 Å². The molecule has 5 aromatic rings. The average Bonchev–Trinajstić information content (AvgIpc) is 3.30. The molecule has 148 valence electrons. The molecule has 1 aromatic heterocycles. The fraction of sp³-hybridized carbons (Fsp3) is 0. The van der Waals surface area contributed by atoms with Crippen molar-refractivity contribution in [3.63, 3.8) is 0 Å². The smallest absolute Gasteiger partial charge is 0.151 e. The Bertz CT molecular complexity index is 1300. The topological polar surface area (TPSA) is 59.3 Å². The lowest BCUT2D eigenvalue weighted by molar-refractivity contribution is -0.734. The molecule has 0 spiro atoms. The summed E-state index contributed by atoms with van der Waals surface area (Å²) in [5.41, 5.74) is 4.33. The van der Waals surface area contributed by atoms with Crippen molar-refractivity contribution >= 4 is 11.4 Å². The normalized spacial score (nSPS) is 11.1. The van der Waals surface area contributed by atoms with E-state index >= 15 is 0 Å². The van der Waals surface area contributed by atoms with Gasteiger partial charge in [-0.15, -0.1) is 0 Å². The Morgan fingerprint density at radius 2 is 1.13 bits per heavy atom. The SMILES string of the molecule is c1ccc(N=Nc2ccc(-[n+]3nc(-c4ccccc4)nn3-c3ccccc3)cc2)cc1. The summed E-state index contributed by atoms with van der Waals surface area (Å²) < 4.78 is 0. The molecule has 6 nitrogen and oxygen atoms in total. The number of benzene rings is 4. The van der Waals surface area contributed by atoms with Crippen molar-refractivity contribution < 1.29 is 4.80 Å². The summed E-state index contributed by atoms with van der Waals surface area (Å²) in [4.78, 5) is 3.58. The second kappa shape index (κ2) is 8.51. The molecule has 31 heavy (non-hydrogen) atoms. The summed E-state index contributed by atoms with van der Waals surface area (Å²) in [6.45, 7) is 0. The summed E-state index contributed by atoms with van der Waals surface area (Å²) >= 11 is 0. The largest absolute Gasteiger partial charge is 0.340 e. The molecule has 5 rings (SSSR count). The van der Waals surface area contributed by atoms with Crippen LogP contribution in [0.5, 0.6) is 0 Å². The summed E-state index contributed by atoms with van der Waals surface area (Å²) in [5.74, 6) is 0.650. The van der Waals surface area contributed by atoms with Crippen LogP contribution in [0.15, 0.2) is 125 Å². The van der Waals surface area contributed by atoms with Crippen molar-refractivity contribution in [2.45, 2.75) is 0 Å². The van der Waals surface area contributed by atoms with E-state index in [-0.39, 0.29) is 0 Å². The highest BCUT2D eigenvalue weighted by Crippen LogP contribution is 2.19. The molecule has 0 unspecified atom stereocenters. The first kappa shape index (κ1) is 18.6. The Hall–Kier alpha value is -4.45. The van der Waals surface area contributed by atoms with Crippen molar-refractivity contribution in [2.24, 2.45) is 10.2 Å². The summed E-state index contributed by atoms with van der Waals surface area (Å²) in [6, 6.07) is 37.3. The molecule has 0 aliphatic carbocycles. The van der Waals surface area contributed by atoms with Crippen LogP contribution in [0.4, 0.5) is 11.4 Å². The van der Waals surface area contributed by atoms with Gasteiger partial charge in [-0.25, -0.2) is 0 Å². The minimum absolute atomic E-state index is 0.650. The predicted molar refractivity (Wildman–Crippen MR) is 119 cm³/mol. The number of nitrogens with zero attached hydrogens (tertiary/aromatic N) is 6. The van der Waals surface area contributed by atoms with Crippen LogP contribution in [-0.4, -0.2) is 15.0 Å². The third kappa shape index (κ3) is 4.13. The van der Waals surface area contributed by atoms with E-state index in [0.717, 1.165) is 28.3 Å². The van der Waals surface area contributed by atoms with Gasteiger partial charge in [0.15, 0.2) is 5.69 Å². The van der Waals surface area contributed by atoms with Gasteiger partial charge in [0, 0.05) is 4.80 Å². The fourth-order valence-electron chi connectivity index (χ4n) is 3.15. The summed E-state index contributed by atoms with van der Waals surface area (Å²) in [7, 11) is 0. The Balaban J connectivity index is 1.51. The van der Waals surface area contributed by atoms with Gasteiger partial charge in [0.1, 0.15) is 5.69 Å². The zero-order valence-corrected chi connectivity index (χ0v) is 16.7. The Morgan fingerprint density at radius 3 is 1.77 bits per heavy atom. The first-order valence-electron chi connectivity index (χ1n) is 9.95. The maximum Gasteiger partial charge on any atom is 0.340 e. The minimum atomic E-state index is 0.650. The van der Waals surface area contributed by atoms with Crippen molar-refractivity contribution in [3.8, 4) is 22.8 Å². The Labute approximate surface area is 179 Å². The van der Waals surface area contributed by atoms with Gasteiger partial charge >= 0.3 is 5.82 Å². The van der Waals surface area contributed by atoms with Gasteiger partial charge in [0.25, 0.3) is 0 Å². The predicted octanol–water partition coefficient (Wildman–Crippen LogP) is 5.63. The molecule has 4 aromatic carbocycles. The van der Waals surface area contributed by atoms with E-state index in [2.05, 4.69) is 10.2 Å². The lowest BCUT2D eigenvalue weighted by atomic mass is 10.2. The van der Waals surface area contributed by atoms with Gasteiger partial charge < -0.3 is 0 Å². The molecule has 0 atom stereocenters. The molecule has 1 heterocycles. The van der Waals surface area contributed by atoms with Crippen molar-refractivity contribution in [2.75, 3.05) is 0 Å². The van der Waals surface area contributed by atoms with E-state index in [9.17, 15) is 0 Å². The van der Waals surface area contributed by atoms with Crippen LogP contribution in [0.3, 0.4) is 0 Å². The number of hydrogen-bond donors (Lipinski definition) is 0. The first-order chi connectivity index (χ1) is 15.4. The molecular formula is C25H19N6+. The maximum absolute atomic E-state index is 4.76. The molecule has 0 bridgehead atoms. The highest BCUT2D eigenvalue weighted by Gasteiger charge is 2.23. The van der Waals surface area contributed by atoms with E-state index in [1.165, 1.54) is 0 Å². The zero-order valence-electron chi connectivity index (χ0n) is 16.7. The molecule has 6 heteroatoms. The number of tetrazole rings is 1. The molecule has 0 fully saturated rings. The van der Waals surface area contributed by atoms with Gasteiger partial charge in [-0.3, -0.25) is 0 Å².